The summed E-state index contributed by atoms with van der Waals surface area (Å²) in [5.41, 5.74) is 4.85. The van der Waals surface area contributed by atoms with E-state index in [1.54, 1.807) is 43.7 Å². The quantitative estimate of drug-likeness (QED) is 0.0282. The number of nitrogens with zero attached hydrogens (tertiary/aromatic N) is 7. The van der Waals surface area contributed by atoms with Crippen LogP contribution in [0.3, 0.4) is 0 Å². The van der Waals surface area contributed by atoms with Crippen molar-refractivity contribution in [2.45, 2.75) is 116 Å². The predicted octanol–water partition coefficient (Wildman–Crippen LogP) is 5.82. The third kappa shape index (κ3) is 15.2. The molecule has 534 valence electrons. The van der Waals surface area contributed by atoms with E-state index in [2.05, 4.69) is 34.8 Å². The van der Waals surface area contributed by atoms with Crippen molar-refractivity contribution in [3.63, 3.8) is 0 Å². The molecule has 5 fully saturated rings. The summed E-state index contributed by atoms with van der Waals surface area (Å²) in [5, 5.41) is 65.3. The number of imide groups is 1. The number of carbonyl (C=O) groups is 8. The summed E-state index contributed by atoms with van der Waals surface area (Å²) in [6.45, 7) is 7.94. The number of amides is 6. The van der Waals surface area contributed by atoms with Crippen molar-refractivity contribution in [1.82, 2.24) is 34.9 Å². The van der Waals surface area contributed by atoms with Gasteiger partial charge in [-0.3, -0.25) is 38.9 Å². The van der Waals surface area contributed by atoms with Gasteiger partial charge in [-0.05, 0) is 133 Å². The molecule has 13 rings (SSSR count). The van der Waals surface area contributed by atoms with Gasteiger partial charge in [-0.2, -0.15) is 5.10 Å². The van der Waals surface area contributed by atoms with Crippen LogP contribution in [-0.2, 0) is 62.4 Å². The fourth-order valence-corrected chi connectivity index (χ4v) is 17.0. The SMILES string of the molecule is COCCN(CCOC1C2CC3(C)CC(Cn4ncc(-c5ccc(N6CCc7c(OC)ccc(C(=O)Nc8nc9ccccc9s8)c7C6)nc5C(=O)O)c4C)(C2)CC1(C)C3)C(=O)OC/C=C/c1ccc(O[C@@H]2O[C@H](C(=O)O)[C@@H](O)[C@H](O)[C@H]2O)c(NC(=O)CCNC(=O)CN2C(=O)C=CC2=O)c1. The van der Waals surface area contributed by atoms with E-state index >= 15 is 0 Å². The number of para-hydroxylation sites is 1. The molecular formula is C71H80N10O19S. The Morgan fingerprint density at radius 2 is 1.61 bits per heavy atom. The predicted molar refractivity (Wildman–Crippen MR) is 365 cm³/mol. The van der Waals surface area contributed by atoms with Crippen LogP contribution in [0.4, 0.5) is 21.4 Å². The number of aliphatic carboxylic acids is 1. The molecule has 6 aromatic rings. The van der Waals surface area contributed by atoms with Crippen molar-refractivity contribution < 1.29 is 92.3 Å². The second-order valence-electron chi connectivity index (χ2n) is 27.3. The lowest BCUT2D eigenvalue weighted by molar-refractivity contribution is -0.271. The first-order valence-corrected chi connectivity index (χ1v) is 34.1. The molecule has 4 aliphatic carbocycles. The summed E-state index contributed by atoms with van der Waals surface area (Å²) in [4.78, 5) is 116. The maximum atomic E-state index is 14.0. The number of anilines is 3. The fourth-order valence-electron chi connectivity index (χ4n) is 16.1. The summed E-state index contributed by atoms with van der Waals surface area (Å²) in [5.74, 6) is -4.64. The van der Waals surface area contributed by atoms with Crippen LogP contribution in [0.2, 0.25) is 0 Å². The first-order chi connectivity index (χ1) is 48.3. The molecular weight excluding hydrogens is 1330 g/mol. The lowest BCUT2D eigenvalue weighted by atomic mass is 9.39. The van der Waals surface area contributed by atoms with Crippen LogP contribution in [0.15, 0.2) is 91.2 Å². The number of carbonyl (C=O) groups excluding carboxylic acids is 6. The molecule has 101 heavy (non-hydrogen) atoms. The highest BCUT2D eigenvalue weighted by atomic mass is 32.1. The number of methoxy groups -OCH3 is 2. The first-order valence-electron chi connectivity index (χ1n) is 33.2. The fraction of sp³-hybridized carbons (Fsp3) is 0.451. The molecule has 3 aliphatic heterocycles. The molecule has 1 saturated heterocycles. The number of hydrogen-bond acceptors (Lipinski definition) is 22. The average Bonchev–Trinajstić information content (AvgIpc) is 1.18. The van der Waals surface area contributed by atoms with Crippen molar-refractivity contribution in [3.05, 3.63) is 125 Å². The number of benzene rings is 3. The Bertz CT molecular complexity index is 4240. The maximum absolute atomic E-state index is 14.0. The van der Waals surface area contributed by atoms with E-state index < -0.39 is 78.9 Å². The van der Waals surface area contributed by atoms with E-state index in [0.29, 0.717) is 58.5 Å². The number of fused-ring (bicyclic) bond motifs is 2. The molecule has 6 heterocycles. The molecule has 29 nitrogen and oxygen atoms in total. The van der Waals surface area contributed by atoms with Gasteiger partial charge < -0.3 is 74.4 Å². The normalized spacial score (nSPS) is 25.0. The molecule has 0 spiro atoms. The number of nitrogens with one attached hydrogen (secondary N) is 3. The topological polar surface area (TPSA) is 382 Å². The lowest BCUT2D eigenvalue weighted by Gasteiger charge is -2.68. The van der Waals surface area contributed by atoms with E-state index in [-0.39, 0.29) is 104 Å². The highest BCUT2D eigenvalue weighted by Crippen LogP contribution is 2.70. The van der Waals surface area contributed by atoms with Crippen LogP contribution < -0.4 is 30.3 Å². The van der Waals surface area contributed by atoms with E-state index in [4.69, 9.17) is 38.5 Å². The number of carboxylic acid groups (broad SMARTS) is 2. The number of aromatic nitrogens is 4. The van der Waals surface area contributed by atoms with Gasteiger partial charge in [-0.15, -0.1) is 0 Å². The number of rotatable bonds is 27. The highest BCUT2D eigenvalue weighted by Gasteiger charge is 2.65. The molecule has 3 aromatic carbocycles. The van der Waals surface area contributed by atoms with E-state index in [0.717, 1.165) is 76.2 Å². The Hall–Kier alpha value is -9.69. The summed E-state index contributed by atoms with van der Waals surface area (Å²) >= 11 is 1.39. The van der Waals surface area contributed by atoms with Gasteiger partial charge >= 0.3 is 18.0 Å². The molecule has 8 N–H and O–H groups in total. The van der Waals surface area contributed by atoms with Gasteiger partial charge in [-0.25, -0.2) is 24.4 Å². The second kappa shape index (κ2) is 29.5. The van der Waals surface area contributed by atoms with Crippen LogP contribution >= 0.6 is 11.3 Å². The third-order valence-electron chi connectivity index (χ3n) is 19.9. The standard InChI is InChI=1S/C71H80N10O19S/c1-39-45(43-14-17-52(76-57(43)64(90)91)79-23-21-42-46(33-79)44(13-16-49(42)96-5)63(89)77-67-75-47-10-6-7-11-51(47)101-67)32-73-81(39)38-71-31-41-30-69(2,36-71)35-70(3,37-71)62(41)97-28-25-78(24-27-95-4)68(94)98-26-8-9-40-12-15-50(99-66-60(88)58(86)59(87)61(100-66)65(92)93)48(29-40)74-53(82)20-22-72-54(83)34-80-55(84)18-19-56(80)85/h6-19,29,32,41,58-62,66,86-88H,20-28,30-31,33-38H2,1-5H3,(H,72,83)(H,74,82)(H,90,91)(H,92,93)(H,75,77,89)/b9-8+/t41?,58-,59-,60+,61-,62?,66+,69?,70?,71?/m0/s1. The van der Waals surface area contributed by atoms with E-state index in [1.807, 2.05) is 46.8 Å². The van der Waals surface area contributed by atoms with Crippen molar-refractivity contribution in [2.24, 2.45) is 22.2 Å². The van der Waals surface area contributed by atoms with Gasteiger partial charge in [0.2, 0.25) is 18.1 Å². The first kappa shape index (κ1) is 71.1. The molecule has 7 aliphatic rings. The van der Waals surface area contributed by atoms with Crippen LogP contribution in [0.5, 0.6) is 11.5 Å². The van der Waals surface area contributed by atoms with Crippen molar-refractivity contribution in [1.29, 1.82) is 0 Å². The Morgan fingerprint density at radius 3 is 2.36 bits per heavy atom. The van der Waals surface area contributed by atoms with Gasteiger partial charge in [0.25, 0.3) is 17.7 Å². The van der Waals surface area contributed by atoms with E-state index in [1.165, 1.54) is 41.5 Å². The minimum atomic E-state index is -2.00. The van der Waals surface area contributed by atoms with Crippen molar-refractivity contribution in [3.8, 4) is 22.6 Å². The molecule has 4 saturated carbocycles. The number of aliphatic hydroxyl groups excluding tert-OH is 3. The Kier molecular flexibility index (Phi) is 20.8. The summed E-state index contributed by atoms with van der Waals surface area (Å²) < 4.78 is 37.8. The largest absolute Gasteiger partial charge is 0.496 e. The second-order valence-corrected chi connectivity index (χ2v) is 28.4. The number of hydrogen-bond donors (Lipinski definition) is 8. The minimum absolute atomic E-state index is 0.0330. The molecule has 0 radical (unpaired) electrons. The smallest absolute Gasteiger partial charge is 0.410 e. The van der Waals surface area contributed by atoms with Crippen molar-refractivity contribution >= 4 is 91.8 Å². The molecule has 30 heteroatoms. The number of ether oxygens (including phenoxy) is 6. The van der Waals surface area contributed by atoms with Crippen LogP contribution in [0, 0.1) is 29.1 Å². The molecule has 5 unspecified atom stereocenters. The zero-order chi connectivity index (χ0) is 71.7. The lowest BCUT2D eigenvalue weighted by Crippen LogP contribution is -2.63. The van der Waals surface area contributed by atoms with Crippen molar-refractivity contribution in [2.75, 3.05) is 82.3 Å². The number of carboxylic acids is 2. The molecule has 6 amide bonds. The van der Waals surface area contributed by atoms with Gasteiger partial charge in [0.15, 0.2) is 16.9 Å². The number of thiazole rings is 1. The molecule has 3 aromatic heterocycles. The summed E-state index contributed by atoms with van der Waals surface area (Å²) in [7, 11) is 3.13. The van der Waals surface area contributed by atoms with Gasteiger partial charge in [0, 0.05) is 92.9 Å². The third-order valence-corrected chi connectivity index (χ3v) is 20.9. The Balaban J connectivity index is 0.668. The Morgan fingerprint density at radius 1 is 0.842 bits per heavy atom. The maximum Gasteiger partial charge on any atom is 0.410 e. The van der Waals surface area contributed by atoms with E-state index in [9.17, 15) is 63.9 Å². The van der Waals surface area contributed by atoms with Gasteiger partial charge in [0.1, 0.15) is 48.8 Å². The molecule has 10 atom stereocenters. The highest BCUT2D eigenvalue weighted by molar-refractivity contribution is 7.22. The van der Waals surface area contributed by atoms with Gasteiger partial charge in [-0.1, -0.05) is 49.5 Å². The van der Waals surface area contributed by atoms with Crippen LogP contribution in [0.25, 0.3) is 27.4 Å². The monoisotopic (exact) mass is 1410 g/mol. The Labute approximate surface area is 584 Å². The van der Waals surface area contributed by atoms with Crippen LogP contribution in [0.1, 0.15) is 95.6 Å². The average molecular weight is 1410 g/mol. The van der Waals surface area contributed by atoms with Crippen LogP contribution in [-0.4, -0.2) is 206 Å². The summed E-state index contributed by atoms with van der Waals surface area (Å²) in [6, 6.07) is 19.2. The van der Waals surface area contributed by atoms with Gasteiger partial charge in [0.05, 0.1) is 48.5 Å². The number of aliphatic hydroxyl groups is 3. The number of aromatic carboxylic acids is 1. The number of pyridine rings is 1. The molecule has 4 bridgehead atoms. The zero-order valence-electron chi connectivity index (χ0n) is 56.3. The zero-order valence-corrected chi connectivity index (χ0v) is 57.1. The summed E-state index contributed by atoms with van der Waals surface area (Å²) in [6.07, 6.45) is 1.39. The minimum Gasteiger partial charge on any atom is -0.496 e.